The largest absolute Gasteiger partial charge is 0.508 e. The number of carbonyl (C=O) groups is 2. The molecule has 4 rings (SSSR count). The molecule has 158 valence electrons. The number of phenolic OH excluding ortho intramolecular Hbond substituents is 1. The molecule has 0 unspecified atom stereocenters. The molecule has 0 saturated carbocycles. The van der Waals surface area contributed by atoms with Gasteiger partial charge in [-0.15, -0.1) is 0 Å². The van der Waals surface area contributed by atoms with Gasteiger partial charge in [0.05, 0.1) is 12.5 Å². The lowest BCUT2D eigenvalue weighted by Crippen LogP contribution is -2.51. The van der Waals surface area contributed by atoms with Gasteiger partial charge in [0.2, 0.25) is 17.8 Å². The summed E-state index contributed by atoms with van der Waals surface area (Å²) in [6.45, 7) is 4.38. The maximum absolute atomic E-state index is 12.7. The van der Waals surface area contributed by atoms with Gasteiger partial charge in [-0.2, -0.15) is 0 Å². The van der Waals surface area contributed by atoms with Gasteiger partial charge in [-0.25, -0.2) is 9.97 Å². The zero-order valence-corrected chi connectivity index (χ0v) is 16.8. The van der Waals surface area contributed by atoms with E-state index in [0.717, 1.165) is 13.0 Å². The predicted molar refractivity (Wildman–Crippen MR) is 112 cm³/mol. The molecule has 0 radical (unpaired) electrons. The Morgan fingerprint density at radius 3 is 2.43 bits per heavy atom. The fourth-order valence-electron chi connectivity index (χ4n) is 3.88. The maximum atomic E-state index is 12.7. The van der Waals surface area contributed by atoms with Crippen LogP contribution in [0.1, 0.15) is 6.42 Å². The van der Waals surface area contributed by atoms with Crippen molar-refractivity contribution in [1.29, 1.82) is 0 Å². The van der Waals surface area contributed by atoms with Gasteiger partial charge in [-0.1, -0.05) is 0 Å². The highest BCUT2D eigenvalue weighted by atomic mass is 16.3. The van der Waals surface area contributed by atoms with E-state index in [1.165, 1.54) is 0 Å². The Hall–Kier alpha value is -3.20. The van der Waals surface area contributed by atoms with Gasteiger partial charge in [0.1, 0.15) is 5.75 Å². The summed E-state index contributed by atoms with van der Waals surface area (Å²) in [7, 11) is 0. The average molecular weight is 410 g/mol. The van der Waals surface area contributed by atoms with E-state index in [1.54, 1.807) is 42.7 Å². The van der Waals surface area contributed by atoms with Crippen LogP contribution in [0, 0.1) is 5.92 Å². The van der Waals surface area contributed by atoms with E-state index in [-0.39, 0.29) is 23.5 Å². The Balaban J connectivity index is 1.22. The first-order valence-corrected chi connectivity index (χ1v) is 10.2. The van der Waals surface area contributed by atoms with Crippen molar-refractivity contribution in [2.45, 2.75) is 6.42 Å². The Morgan fingerprint density at radius 2 is 1.73 bits per heavy atom. The number of anilines is 2. The molecule has 0 aliphatic carbocycles. The van der Waals surface area contributed by atoms with Gasteiger partial charge in [-0.3, -0.25) is 14.5 Å². The van der Waals surface area contributed by atoms with Crippen molar-refractivity contribution in [2.75, 3.05) is 56.0 Å². The molecule has 2 aliphatic rings. The smallest absolute Gasteiger partial charge is 0.236 e. The second-order valence-corrected chi connectivity index (χ2v) is 7.67. The number of aromatic hydroxyl groups is 1. The number of phenols is 1. The van der Waals surface area contributed by atoms with E-state index >= 15 is 0 Å². The maximum Gasteiger partial charge on any atom is 0.236 e. The van der Waals surface area contributed by atoms with Crippen LogP contribution >= 0.6 is 0 Å². The molecule has 0 spiro atoms. The molecular formula is C21H26N6O3. The van der Waals surface area contributed by atoms with Crippen molar-refractivity contribution >= 4 is 23.5 Å². The van der Waals surface area contributed by atoms with E-state index in [1.807, 2.05) is 4.90 Å². The number of piperazine rings is 1. The topological polar surface area (TPSA) is 102 Å². The highest BCUT2D eigenvalue weighted by molar-refractivity contribution is 5.93. The van der Waals surface area contributed by atoms with Crippen molar-refractivity contribution in [3.05, 3.63) is 42.7 Å². The van der Waals surface area contributed by atoms with Gasteiger partial charge in [0.25, 0.3) is 0 Å². The van der Waals surface area contributed by atoms with Crippen molar-refractivity contribution < 1.29 is 14.7 Å². The summed E-state index contributed by atoms with van der Waals surface area (Å²) in [6.07, 6.45) is 4.18. The van der Waals surface area contributed by atoms with E-state index in [0.29, 0.717) is 50.9 Å². The summed E-state index contributed by atoms with van der Waals surface area (Å²) in [5.41, 5.74) is 0.660. The summed E-state index contributed by atoms with van der Waals surface area (Å²) in [5.74, 6) is 0.774. The molecule has 2 fully saturated rings. The minimum atomic E-state index is -0.140. The van der Waals surface area contributed by atoms with Crippen LogP contribution in [0.5, 0.6) is 5.75 Å². The molecule has 30 heavy (non-hydrogen) atoms. The summed E-state index contributed by atoms with van der Waals surface area (Å²) >= 11 is 0. The molecule has 2 saturated heterocycles. The van der Waals surface area contributed by atoms with Crippen LogP contribution in [-0.2, 0) is 9.59 Å². The zero-order valence-electron chi connectivity index (χ0n) is 16.8. The standard InChI is InChI=1S/C21H26N6O3/c28-18-4-2-17(3-5-18)24-20(30)16-6-9-25(14-16)15-19(29)26-10-12-27(13-11-26)21-22-7-1-8-23-21/h1-5,7-8,16,28H,6,9-15H2,(H,24,30)/t16-/m1/s1. The molecule has 1 aromatic carbocycles. The highest BCUT2D eigenvalue weighted by Gasteiger charge is 2.31. The Bertz CT molecular complexity index is 868. The van der Waals surface area contributed by atoms with Crippen LogP contribution in [0.3, 0.4) is 0 Å². The molecule has 3 heterocycles. The normalized spacial score (nSPS) is 19.7. The van der Waals surface area contributed by atoms with Crippen LogP contribution in [0.2, 0.25) is 0 Å². The van der Waals surface area contributed by atoms with Crippen LogP contribution in [0.4, 0.5) is 11.6 Å². The van der Waals surface area contributed by atoms with Crippen molar-refractivity contribution in [3.63, 3.8) is 0 Å². The quantitative estimate of drug-likeness (QED) is 0.703. The minimum Gasteiger partial charge on any atom is -0.508 e. The van der Waals surface area contributed by atoms with Gasteiger partial charge >= 0.3 is 0 Å². The Morgan fingerprint density at radius 1 is 1.03 bits per heavy atom. The fraction of sp³-hybridized carbons (Fsp3) is 0.429. The summed E-state index contributed by atoms with van der Waals surface area (Å²) in [6, 6.07) is 8.21. The van der Waals surface area contributed by atoms with E-state index < -0.39 is 0 Å². The van der Waals surface area contributed by atoms with E-state index in [4.69, 9.17) is 0 Å². The monoisotopic (exact) mass is 410 g/mol. The van der Waals surface area contributed by atoms with Crippen LogP contribution in [0.15, 0.2) is 42.7 Å². The molecule has 9 heteroatoms. The lowest BCUT2D eigenvalue weighted by atomic mass is 10.1. The molecule has 2 N–H and O–H groups in total. The van der Waals surface area contributed by atoms with Gasteiger partial charge in [0.15, 0.2) is 0 Å². The number of carbonyl (C=O) groups excluding carboxylic acids is 2. The number of hydrogen-bond donors (Lipinski definition) is 2. The fourth-order valence-corrected chi connectivity index (χ4v) is 3.88. The molecule has 2 aliphatic heterocycles. The SMILES string of the molecule is O=C(Nc1ccc(O)cc1)[C@@H]1CCN(CC(=O)N2CCN(c3ncccn3)CC2)C1. The minimum absolute atomic E-state index is 0.0490. The zero-order chi connectivity index (χ0) is 20.9. The van der Waals surface area contributed by atoms with Crippen LogP contribution in [0.25, 0.3) is 0 Å². The number of hydrogen-bond acceptors (Lipinski definition) is 7. The first-order chi connectivity index (χ1) is 14.6. The Labute approximate surface area is 175 Å². The molecule has 2 aromatic rings. The van der Waals surface area contributed by atoms with Crippen LogP contribution < -0.4 is 10.2 Å². The van der Waals surface area contributed by atoms with Crippen LogP contribution in [-0.4, -0.2) is 82.5 Å². The predicted octanol–water partition coefficient (Wildman–Crippen LogP) is 0.791. The summed E-state index contributed by atoms with van der Waals surface area (Å²) < 4.78 is 0. The van der Waals surface area contributed by atoms with E-state index in [2.05, 4.69) is 25.1 Å². The molecule has 9 nitrogen and oxygen atoms in total. The number of nitrogens with one attached hydrogen (secondary N) is 1. The van der Waals surface area contributed by atoms with Crippen molar-refractivity contribution in [2.24, 2.45) is 5.92 Å². The number of rotatable bonds is 5. The lowest BCUT2D eigenvalue weighted by Gasteiger charge is -2.35. The molecule has 0 bridgehead atoms. The van der Waals surface area contributed by atoms with Gasteiger partial charge < -0.3 is 20.2 Å². The third-order valence-electron chi connectivity index (χ3n) is 5.60. The second kappa shape index (κ2) is 9.08. The van der Waals surface area contributed by atoms with Gasteiger partial charge in [0, 0.05) is 50.8 Å². The van der Waals surface area contributed by atoms with Crippen molar-refractivity contribution in [1.82, 2.24) is 19.8 Å². The lowest BCUT2D eigenvalue weighted by molar-refractivity contribution is -0.132. The number of nitrogens with zero attached hydrogens (tertiary/aromatic N) is 5. The number of benzene rings is 1. The third kappa shape index (κ3) is 4.85. The Kier molecular flexibility index (Phi) is 6.08. The average Bonchev–Trinajstić information content (AvgIpc) is 3.25. The highest BCUT2D eigenvalue weighted by Crippen LogP contribution is 2.20. The van der Waals surface area contributed by atoms with Crippen molar-refractivity contribution in [3.8, 4) is 5.75 Å². The molecule has 2 amide bonds. The number of amides is 2. The first-order valence-electron chi connectivity index (χ1n) is 10.2. The number of likely N-dealkylation sites (tertiary alicyclic amines) is 1. The molecule has 1 aromatic heterocycles. The molecular weight excluding hydrogens is 384 g/mol. The summed E-state index contributed by atoms with van der Waals surface area (Å²) in [5, 5.41) is 12.2. The number of aromatic nitrogens is 2. The van der Waals surface area contributed by atoms with Gasteiger partial charge in [-0.05, 0) is 43.3 Å². The first kappa shape index (κ1) is 20.1. The van der Waals surface area contributed by atoms with E-state index in [9.17, 15) is 14.7 Å². The second-order valence-electron chi connectivity index (χ2n) is 7.67. The molecule has 1 atom stereocenters. The third-order valence-corrected chi connectivity index (χ3v) is 5.60. The summed E-state index contributed by atoms with van der Waals surface area (Å²) in [4.78, 5) is 39.7.